The fraction of sp³-hybridized carbons (Fsp3) is 0.100. The number of nitrogens with zero attached hydrogens (tertiary/aromatic N) is 3. The molecule has 0 aliphatic heterocycles. The van der Waals surface area contributed by atoms with Gasteiger partial charge in [-0.25, -0.2) is 4.98 Å². The van der Waals surface area contributed by atoms with Crippen LogP contribution in [0, 0.1) is 0 Å². The van der Waals surface area contributed by atoms with Crippen LogP contribution in [-0.2, 0) is 6.54 Å². The second-order valence-corrected chi connectivity index (χ2v) is 3.86. The van der Waals surface area contributed by atoms with Crippen LogP contribution in [0.1, 0.15) is 5.69 Å². The third kappa shape index (κ3) is 2.51. The number of pyridine rings is 1. The first-order valence-corrected chi connectivity index (χ1v) is 5.29. The van der Waals surface area contributed by atoms with Crippen LogP contribution < -0.4 is 5.73 Å². The van der Waals surface area contributed by atoms with E-state index < -0.39 is 0 Å². The molecule has 2 heterocycles. The van der Waals surface area contributed by atoms with Crippen LogP contribution in [-0.4, -0.2) is 15.0 Å². The van der Waals surface area contributed by atoms with Crippen molar-refractivity contribution in [1.82, 2.24) is 15.0 Å². The molecule has 0 atom stereocenters. The van der Waals surface area contributed by atoms with E-state index in [1.807, 2.05) is 12.1 Å². The predicted octanol–water partition coefficient (Wildman–Crippen LogP) is 1.48. The van der Waals surface area contributed by atoms with Crippen molar-refractivity contribution in [3.63, 3.8) is 0 Å². The minimum Gasteiger partial charge on any atom is -0.325 e. The summed E-state index contributed by atoms with van der Waals surface area (Å²) in [5.41, 5.74) is 6.39. The Morgan fingerprint density at radius 2 is 1.80 bits per heavy atom. The summed E-state index contributed by atoms with van der Waals surface area (Å²) in [4.78, 5) is 13.5. The molecule has 0 aliphatic carbocycles. The van der Waals surface area contributed by atoms with Crippen LogP contribution in [0.15, 0.2) is 46.8 Å². The smallest absolute Gasteiger partial charge is 0.124 e. The Labute approximate surface area is 92.0 Å². The Morgan fingerprint density at radius 1 is 1.07 bits per heavy atom. The van der Waals surface area contributed by atoms with E-state index in [1.165, 1.54) is 0 Å². The summed E-state index contributed by atoms with van der Waals surface area (Å²) in [5.74, 6) is 0. The van der Waals surface area contributed by atoms with Gasteiger partial charge in [0.15, 0.2) is 0 Å². The SMILES string of the molecule is NCc1nccnc1Sc1ccncc1. The first kappa shape index (κ1) is 10.1. The van der Waals surface area contributed by atoms with Crippen molar-refractivity contribution in [2.24, 2.45) is 5.73 Å². The molecule has 76 valence electrons. The van der Waals surface area contributed by atoms with E-state index in [2.05, 4.69) is 15.0 Å². The largest absolute Gasteiger partial charge is 0.325 e. The molecule has 0 spiro atoms. The van der Waals surface area contributed by atoms with E-state index in [4.69, 9.17) is 5.73 Å². The predicted molar refractivity (Wildman–Crippen MR) is 58.3 cm³/mol. The molecular formula is C10H10N4S. The second kappa shape index (κ2) is 4.86. The second-order valence-electron chi connectivity index (χ2n) is 2.80. The first-order valence-electron chi connectivity index (χ1n) is 4.48. The molecule has 0 aliphatic rings. The Morgan fingerprint density at radius 3 is 2.53 bits per heavy atom. The van der Waals surface area contributed by atoms with Crippen LogP contribution in [0.4, 0.5) is 0 Å². The molecule has 0 amide bonds. The zero-order valence-electron chi connectivity index (χ0n) is 8.00. The van der Waals surface area contributed by atoms with E-state index in [1.54, 1.807) is 36.5 Å². The van der Waals surface area contributed by atoms with Crippen LogP contribution in [0.3, 0.4) is 0 Å². The number of aromatic nitrogens is 3. The van der Waals surface area contributed by atoms with E-state index in [-0.39, 0.29) is 0 Å². The fourth-order valence-electron chi connectivity index (χ4n) is 1.10. The lowest BCUT2D eigenvalue weighted by Gasteiger charge is -2.03. The maximum atomic E-state index is 5.58. The summed E-state index contributed by atoms with van der Waals surface area (Å²) < 4.78 is 0. The number of hydrogen-bond donors (Lipinski definition) is 1. The van der Waals surface area contributed by atoms with Gasteiger partial charge in [-0.05, 0) is 12.1 Å². The van der Waals surface area contributed by atoms with E-state index in [0.29, 0.717) is 6.54 Å². The molecule has 2 N–H and O–H groups in total. The van der Waals surface area contributed by atoms with E-state index in [9.17, 15) is 0 Å². The van der Waals surface area contributed by atoms with Gasteiger partial charge in [-0.15, -0.1) is 0 Å². The maximum Gasteiger partial charge on any atom is 0.124 e. The minimum atomic E-state index is 0.404. The summed E-state index contributed by atoms with van der Waals surface area (Å²) in [7, 11) is 0. The van der Waals surface area contributed by atoms with Crippen molar-refractivity contribution in [3.05, 3.63) is 42.6 Å². The van der Waals surface area contributed by atoms with Crippen molar-refractivity contribution in [3.8, 4) is 0 Å². The average Bonchev–Trinajstić information content (AvgIpc) is 2.31. The summed E-state index contributed by atoms with van der Waals surface area (Å²) in [5, 5.41) is 0.853. The molecule has 0 bridgehead atoms. The highest BCUT2D eigenvalue weighted by atomic mass is 32.2. The molecule has 0 radical (unpaired) electrons. The molecule has 0 saturated carbocycles. The molecule has 0 unspecified atom stereocenters. The van der Waals surface area contributed by atoms with Crippen molar-refractivity contribution < 1.29 is 0 Å². The Balaban J connectivity index is 2.24. The van der Waals surface area contributed by atoms with Gasteiger partial charge in [0.1, 0.15) is 5.03 Å². The summed E-state index contributed by atoms with van der Waals surface area (Å²) in [6.45, 7) is 0.404. The quantitative estimate of drug-likeness (QED) is 0.845. The van der Waals surface area contributed by atoms with Gasteiger partial charge >= 0.3 is 0 Å². The van der Waals surface area contributed by atoms with Gasteiger partial charge in [0, 0.05) is 36.2 Å². The summed E-state index contributed by atoms with van der Waals surface area (Å²) in [6.07, 6.45) is 6.82. The minimum absolute atomic E-state index is 0.404. The third-order valence-corrected chi connectivity index (χ3v) is 2.84. The van der Waals surface area contributed by atoms with Crippen LogP contribution in [0.2, 0.25) is 0 Å². The zero-order chi connectivity index (χ0) is 10.5. The Hall–Kier alpha value is -1.46. The van der Waals surface area contributed by atoms with Crippen molar-refractivity contribution in [1.29, 1.82) is 0 Å². The monoisotopic (exact) mass is 218 g/mol. The van der Waals surface area contributed by atoms with Crippen molar-refractivity contribution in [2.45, 2.75) is 16.5 Å². The molecular weight excluding hydrogens is 208 g/mol. The van der Waals surface area contributed by atoms with Gasteiger partial charge in [-0.1, -0.05) is 11.8 Å². The third-order valence-electron chi connectivity index (χ3n) is 1.79. The van der Waals surface area contributed by atoms with Gasteiger partial charge in [0.05, 0.1) is 5.69 Å². The molecule has 2 rings (SSSR count). The lowest BCUT2D eigenvalue weighted by atomic mass is 10.5. The van der Waals surface area contributed by atoms with Crippen molar-refractivity contribution in [2.75, 3.05) is 0 Å². The molecule has 2 aromatic heterocycles. The molecule has 0 aromatic carbocycles. The normalized spacial score (nSPS) is 10.2. The lowest BCUT2D eigenvalue weighted by molar-refractivity contribution is 0.886. The molecule has 5 heteroatoms. The fourth-order valence-corrected chi connectivity index (χ4v) is 1.95. The maximum absolute atomic E-state index is 5.58. The van der Waals surface area contributed by atoms with Gasteiger partial charge in [0.25, 0.3) is 0 Å². The molecule has 2 aromatic rings. The highest BCUT2D eigenvalue weighted by Gasteiger charge is 2.04. The summed E-state index contributed by atoms with van der Waals surface area (Å²) >= 11 is 1.55. The Kier molecular flexibility index (Phi) is 3.26. The van der Waals surface area contributed by atoms with Gasteiger partial charge in [0.2, 0.25) is 0 Å². The van der Waals surface area contributed by atoms with Crippen LogP contribution in [0.25, 0.3) is 0 Å². The molecule has 0 fully saturated rings. The topological polar surface area (TPSA) is 64.7 Å². The number of nitrogens with two attached hydrogens (primary N) is 1. The molecule has 4 nitrogen and oxygen atoms in total. The first-order chi connectivity index (χ1) is 7.40. The lowest BCUT2D eigenvalue weighted by Crippen LogP contribution is -2.02. The highest BCUT2D eigenvalue weighted by molar-refractivity contribution is 7.99. The molecule has 0 saturated heterocycles. The highest BCUT2D eigenvalue weighted by Crippen LogP contribution is 2.26. The van der Waals surface area contributed by atoms with Crippen molar-refractivity contribution >= 4 is 11.8 Å². The number of hydrogen-bond acceptors (Lipinski definition) is 5. The van der Waals surface area contributed by atoms with Gasteiger partial charge in [-0.3, -0.25) is 9.97 Å². The van der Waals surface area contributed by atoms with Gasteiger partial charge in [-0.2, -0.15) is 0 Å². The van der Waals surface area contributed by atoms with E-state index >= 15 is 0 Å². The standard InChI is InChI=1S/C10H10N4S/c11-7-9-10(14-6-5-13-9)15-8-1-3-12-4-2-8/h1-6H,7,11H2. The van der Waals surface area contributed by atoms with Gasteiger partial charge < -0.3 is 5.73 Å². The van der Waals surface area contributed by atoms with E-state index in [0.717, 1.165) is 15.6 Å². The summed E-state index contributed by atoms with van der Waals surface area (Å²) in [6, 6.07) is 3.86. The molecule has 15 heavy (non-hydrogen) atoms. The Bertz CT molecular complexity index is 432. The zero-order valence-corrected chi connectivity index (χ0v) is 8.81. The van der Waals surface area contributed by atoms with Crippen LogP contribution >= 0.6 is 11.8 Å². The van der Waals surface area contributed by atoms with Crippen LogP contribution in [0.5, 0.6) is 0 Å². The number of rotatable bonds is 3. The average molecular weight is 218 g/mol.